The number of rotatable bonds is 6. The smallest absolute Gasteiger partial charge is 0.269 e. The first-order valence-electron chi connectivity index (χ1n) is 10.8. The monoisotopic (exact) mass is 502 g/mol. The number of carbonyl (C=O) groups is 2. The van der Waals surface area contributed by atoms with Crippen molar-refractivity contribution in [2.45, 2.75) is 18.6 Å². The highest BCUT2D eigenvalue weighted by atomic mass is 32.2. The van der Waals surface area contributed by atoms with E-state index in [4.69, 9.17) is 0 Å². The molecule has 1 heterocycles. The average Bonchev–Trinajstić information content (AvgIpc) is 3.17. The van der Waals surface area contributed by atoms with Crippen molar-refractivity contribution in [3.63, 3.8) is 0 Å². The topological polar surface area (TPSA) is 116 Å². The molecule has 1 saturated heterocycles. The summed E-state index contributed by atoms with van der Waals surface area (Å²) in [6.07, 6.45) is 0.130. The quantitative estimate of drug-likeness (QED) is 0.217. The van der Waals surface area contributed by atoms with Crippen LogP contribution in [0.15, 0.2) is 83.4 Å². The Balaban J connectivity index is 1.72. The number of nitriles is 1. The zero-order valence-electron chi connectivity index (χ0n) is 19.0. The molecule has 3 aromatic rings. The molecule has 1 aliphatic rings. The Hall–Kier alpha value is -4.49. The summed E-state index contributed by atoms with van der Waals surface area (Å²) in [5.41, 5.74) is 1.94. The highest BCUT2D eigenvalue weighted by Gasteiger charge is 2.41. The minimum atomic E-state index is -0.761. The van der Waals surface area contributed by atoms with Gasteiger partial charge in [0.2, 0.25) is 5.91 Å². The number of carbonyl (C=O) groups excluding carboxylic acids is 2. The van der Waals surface area contributed by atoms with E-state index in [0.717, 1.165) is 17.3 Å². The van der Waals surface area contributed by atoms with Gasteiger partial charge >= 0.3 is 0 Å². The van der Waals surface area contributed by atoms with Crippen molar-refractivity contribution in [1.82, 2.24) is 0 Å². The van der Waals surface area contributed by atoms with Gasteiger partial charge in [0.1, 0.15) is 22.5 Å². The average molecular weight is 503 g/mol. The minimum Gasteiger partial charge on any atom is -0.321 e. The molecule has 0 aliphatic carbocycles. The summed E-state index contributed by atoms with van der Waals surface area (Å²) in [5.74, 6) is -1.63. The van der Waals surface area contributed by atoms with Gasteiger partial charge in [-0.25, -0.2) is 4.39 Å². The molecule has 3 aromatic carbocycles. The fourth-order valence-corrected chi connectivity index (χ4v) is 4.96. The van der Waals surface area contributed by atoms with Crippen LogP contribution in [0.4, 0.5) is 21.5 Å². The molecule has 1 N–H and O–H groups in total. The SMILES string of the molecule is Cc1ccc(NC(=O)/C(C#N)=C2\S[C@H](Cc3cccc([N+](=O)[O-])c3)C(=O)N2c2ccc(F)cc2)cc1. The Morgan fingerprint density at radius 3 is 2.50 bits per heavy atom. The number of amides is 2. The van der Waals surface area contributed by atoms with Crippen molar-refractivity contribution in [2.75, 3.05) is 10.2 Å². The molecule has 0 bridgehead atoms. The first-order valence-corrected chi connectivity index (χ1v) is 11.7. The van der Waals surface area contributed by atoms with Crippen LogP contribution in [0.5, 0.6) is 0 Å². The molecule has 0 aromatic heterocycles. The fourth-order valence-electron chi connectivity index (χ4n) is 3.65. The van der Waals surface area contributed by atoms with Gasteiger partial charge in [-0.05, 0) is 55.3 Å². The summed E-state index contributed by atoms with van der Waals surface area (Å²) in [5, 5.41) is 23.1. The van der Waals surface area contributed by atoms with E-state index in [1.54, 1.807) is 18.2 Å². The van der Waals surface area contributed by atoms with Crippen LogP contribution in [-0.4, -0.2) is 22.0 Å². The number of halogens is 1. The molecule has 10 heteroatoms. The van der Waals surface area contributed by atoms with Gasteiger partial charge in [0, 0.05) is 23.5 Å². The first-order chi connectivity index (χ1) is 17.3. The van der Waals surface area contributed by atoms with Crippen molar-refractivity contribution >= 4 is 40.6 Å². The number of nitrogens with zero attached hydrogens (tertiary/aromatic N) is 3. The molecule has 4 rings (SSSR count). The number of aryl methyl sites for hydroxylation is 1. The predicted molar refractivity (Wildman–Crippen MR) is 135 cm³/mol. The number of non-ortho nitro benzene ring substituents is 1. The van der Waals surface area contributed by atoms with Gasteiger partial charge in [-0.2, -0.15) is 5.26 Å². The Morgan fingerprint density at radius 1 is 1.17 bits per heavy atom. The Kier molecular flexibility index (Phi) is 7.12. The lowest BCUT2D eigenvalue weighted by Gasteiger charge is -2.18. The van der Waals surface area contributed by atoms with E-state index in [0.29, 0.717) is 16.9 Å². The van der Waals surface area contributed by atoms with E-state index < -0.39 is 27.8 Å². The van der Waals surface area contributed by atoms with E-state index in [1.165, 1.54) is 47.4 Å². The maximum Gasteiger partial charge on any atom is 0.269 e. The summed E-state index contributed by atoms with van der Waals surface area (Å²) in [6.45, 7) is 1.90. The second-order valence-corrected chi connectivity index (χ2v) is 9.19. The lowest BCUT2D eigenvalue weighted by atomic mass is 10.1. The zero-order valence-corrected chi connectivity index (χ0v) is 19.8. The second-order valence-electron chi connectivity index (χ2n) is 8.00. The largest absolute Gasteiger partial charge is 0.321 e. The fraction of sp³-hybridized carbons (Fsp3) is 0.115. The maximum absolute atomic E-state index is 13.6. The van der Waals surface area contributed by atoms with Crippen molar-refractivity contribution in [1.29, 1.82) is 5.26 Å². The van der Waals surface area contributed by atoms with Gasteiger partial charge in [-0.3, -0.25) is 24.6 Å². The van der Waals surface area contributed by atoms with E-state index in [1.807, 2.05) is 25.1 Å². The van der Waals surface area contributed by atoms with Crippen LogP contribution < -0.4 is 10.2 Å². The Labute approximate surface area is 210 Å². The number of benzene rings is 3. The standard InChI is InChI=1S/C26H19FN4O4S/c1-16-5-9-19(10-6-16)29-24(32)22(15-28)26-30(20-11-7-18(27)8-12-20)25(33)23(36-26)14-17-3-2-4-21(13-17)31(34)35/h2-13,23H,14H2,1H3,(H,29,32)/b26-22-/t23-/m1/s1. The van der Waals surface area contributed by atoms with E-state index in [-0.39, 0.29) is 22.7 Å². The molecule has 8 nitrogen and oxygen atoms in total. The van der Waals surface area contributed by atoms with Crippen molar-refractivity contribution in [2.24, 2.45) is 0 Å². The lowest BCUT2D eigenvalue weighted by molar-refractivity contribution is -0.384. The lowest BCUT2D eigenvalue weighted by Crippen LogP contribution is -2.31. The van der Waals surface area contributed by atoms with Gasteiger partial charge < -0.3 is 5.32 Å². The van der Waals surface area contributed by atoms with Gasteiger partial charge in [0.25, 0.3) is 11.6 Å². The predicted octanol–water partition coefficient (Wildman–Crippen LogP) is 5.11. The van der Waals surface area contributed by atoms with E-state index in [9.17, 15) is 29.4 Å². The van der Waals surface area contributed by atoms with Crippen LogP contribution in [0, 0.1) is 34.2 Å². The van der Waals surface area contributed by atoms with Crippen LogP contribution in [0.2, 0.25) is 0 Å². The van der Waals surface area contributed by atoms with E-state index >= 15 is 0 Å². The number of hydrogen-bond donors (Lipinski definition) is 1. The molecule has 0 radical (unpaired) electrons. The van der Waals surface area contributed by atoms with Crippen LogP contribution in [0.3, 0.4) is 0 Å². The normalized spacial score (nSPS) is 16.4. The third-order valence-corrected chi connectivity index (χ3v) is 6.71. The Bertz CT molecular complexity index is 1420. The summed E-state index contributed by atoms with van der Waals surface area (Å²) in [4.78, 5) is 38.4. The van der Waals surface area contributed by atoms with Gasteiger partial charge in [0.15, 0.2) is 0 Å². The molecule has 0 saturated carbocycles. The minimum absolute atomic E-state index is 0.106. The number of nitro groups is 1. The third-order valence-electron chi connectivity index (χ3n) is 5.44. The van der Waals surface area contributed by atoms with Gasteiger partial charge in [-0.15, -0.1) is 0 Å². The van der Waals surface area contributed by atoms with E-state index in [2.05, 4.69) is 5.32 Å². The molecule has 0 spiro atoms. The van der Waals surface area contributed by atoms with Crippen LogP contribution in [-0.2, 0) is 16.0 Å². The molecule has 0 unspecified atom stereocenters. The number of thioether (sulfide) groups is 1. The Morgan fingerprint density at radius 2 is 1.86 bits per heavy atom. The molecular formula is C26H19FN4O4S. The van der Waals surface area contributed by atoms with Gasteiger partial charge in [0.05, 0.1) is 10.2 Å². The maximum atomic E-state index is 13.6. The summed E-state index contributed by atoms with van der Waals surface area (Å²) < 4.78 is 13.6. The molecule has 180 valence electrons. The highest BCUT2D eigenvalue weighted by Crippen LogP contribution is 2.42. The third kappa shape index (κ3) is 5.26. The zero-order chi connectivity index (χ0) is 25.8. The molecule has 36 heavy (non-hydrogen) atoms. The summed E-state index contributed by atoms with van der Waals surface area (Å²) in [7, 11) is 0. The molecule has 1 fully saturated rings. The molecule has 1 aliphatic heterocycles. The van der Waals surface area contributed by atoms with Crippen molar-refractivity contribution in [3.05, 3.63) is 110 Å². The van der Waals surface area contributed by atoms with Gasteiger partial charge in [-0.1, -0.05) is 41.6 Å². The molecular weight excluding hydrogens is 483 g/mol. The molecule has 1 atom stereocenters. The second kappa shape index (κ2) is 10.4. The van der Waals surface area contributed by atoms with Crippen molar-refractivity contribution < 1.29 is 18.9 Å². The summed E-state index contributed by atoms with van der Waals surface area (Å²) in [6, 6.07) is 20.0. The molecule has 2 amide bonds. The number of nitro benzene ring substituents is 1. The first kappa shape index (κ1) is 24.6. The number of anilines is 2. The highest BCUT2D eigenvalue weighted by molar-refractivity contribution is 8.05. The van der Waals surface area contributed by atoms with Crippen LogP contribution >= 0.6 is 11.8 Å². The number of nitrogens with one attached hydrogen (secondary N) is 1. The van der Waals surface area contributed by atoms with Crippen LogP contribution in [0.25, 0.3) is 0 Å². The van der Waals surface area contributed by atoms with Crippen molar-refractivity contribution in [3.8, 4) is 6.07 Å². The number of hydrogen-bond acceptors (Lipinski definition) is 6. The van der Waals surface area contributed by atoms with Crippen LogP contribution in [0.1, 0.15) is 11.1 Å². The summed E-state index contributed by atoms with van der Waals surface area (Å²) >= 11 is 1.02.